The predicted octanol–water partition coefficient (Wildman–Crippen LogP) is 11.5. The SMILES string of the molecule is c1ccc(-n2c3cc4c(cc3c3c5oc6ccccc6c5ccc32)c2ccccc2n4-c2nc3c4c(cccc4n2)Oc2ccccc2-3)cc1. The Morgan fingerprint density at radius 1 is 0.460 bits per heavy atom. The second-order valence-corrected chi connectivity index (χ2v) is 13.0. The lowest BCUT2D eigenvalue weighted by molar-refractivity contribution is 0.486. The molecule has 12 rings (SSSR count). The molecule has 0 N–H and O–H groups in total. The van der Waals surface area contributed by atoms with Crippen LogP contribution >= 0.6 is 0 Å². The smallest absolute Gasteiger partial charge is 0.235 e. The van der Waals surface area contributed by atoms with Gasteiger partial charge in [0.1, 0.15) is 22.7 Å². The lowest BCUT2D eigenvalue weighted by atomic mass is 10.0. The van der Waals surface area contributed by atoms with Crippen molar-refractivity contribution in [3.05, 3.63) is 146 Å². The molecule has 0 atom stereocenters. The number of nitrogens with zero attached hydrogens (tertiary/aromatic N) is 4. The molecule has 4 aromatic heterocycles. The maximum Gasteiger partial charge on any atom is 0.235 e. The normalized spacial score (nSPS) is 12.6. The number of para-hydroxylation sites is 4. The van der Waals surface area contributed by atoms with Gasteiger partial charge in [-0.2, -0.15) is 0 Å². The molecule has 0 bridgehead atoms. The first-order chi connectivity index (χ1) is 24.8. The van der Waals surface area contributed by atoms with Gasteiger partial charge in [-0.05, 0) is 72.8 Å². The maximum atomic E-state index is 6.66. The molecule has 0 saturated carbocycles. The van der Waals surface area contributed by atoms with Crippen LogP contribution < -0.4 is 4.74 Å². The number of rotatable bonds is 2. The van der Waals surface area contributed by atoms with E-state index in [0.29, 0.717) is 5.95 Å². The van der Waals surface area contributed by atoms with Crippen molar-refractivity contribution in [3.8, 4) is 34.4 Å². The fourth-order valence-electron chi connectivity index (χ4n) is 8.20. The van der Waals surface area contributed by atoms with Crippen LogP contribution in [0.25, 0.3) is 99.3 Å². The number of furan rings is 1. The van der Waals surface area contributed by atoms with Crippen molar-refractivity contribution in [1.29, 1.82) is 0 Å². The third-order valence-electron chi connectivity index (χ3n) is 10.3. The average Bonchev–Trinajstić information content (AvgIpc) is 3.81. The van der Waals surface area contributed by atoms with Crippen LogP contribution in [0.2, 0.25) is 0 Å². The molecule has 6 nitrogen and oxygen atoms in total. The van der Waals surface area contributed by atoms with Crippen LogP contribution in [-0.2, 0) is 0 Å². The van der Waals surface area contributed by atoms with E-state index in [1.165, 1.54) is 0 Å². The summed E-state index contributed by atoms with van der Waals surface area (Å²) in [5, 5.41) is 7.66. The summed E-state index contributed by atoms with van der Waals surface area (Å²) < 4.78 is 17.5. The van der Waals surface area contributed by atoms with Crippen LogP contribution in [0.3, 0.4) is 0 Å². The molecule has 11 aromatic rings. The third-order valence-corrected chi connectivity index (χ3v) is 10.3. The number of ether oxygens (including phenoxy) is 1. The van der Waals surface area contributed by atoms with Crippen LogP contribution in [0, 0.1) is 0 Å². The second kappa shape index (κ2) is 9.36. The van der Waals surface area contributed by atoms with E-state index in [4.69, 9.17) is 19.1 Å². The van der Waals surface area contributed by atoms with Crippen molar-refractivity contribution in [3.63, 3.8) is 0 Å². The van der Waals surface area contributed by atoms with Gasteiger partial charge < -0.3 is 13.7 Å². The van der Waals surface area contributed by atoms with Gasteiger partial charge >= 0.3 is 0 Å². The van der Waals surface area contributed by atoms with Crippen LogP contribution in [0.4, 0.5) is 0 Å². The molecule has 0 unspecified atom stereocenters. The first kappa shape index (κ1) is 26.1. The molecule has 7 aromatic carbocycles. The molecule has 0 saturated heterocycles. The highest BCUT2D eigenvalue weighted by molar-refractivity contribution is 6.26. The zero-order valence-electron chi connectivity index (χ0n) is 26.5. The van der Waals surface area contributed by atoms with Gasteiger partial charge in [-0.25, -0.2) is 9.97 Å². The first-order valence-corrected chi connectivity index (χ1v) is 16.8. The van der Waals surface area contributed by atoms with Crippen LogP contribution in [0.5, 0.6) is 11.5 Å². The molecule has 0 radical (unpaired) electrons. The van der Waals surface area contributed by atoms with E-state index in [1.54, 1.807) is 0 Å². The summed E-state index contributed by atoms with van der Waals surface area (Å²) in [7, 11) is 0. The molecule has 1 aliphatic rings. The summed E-state index contributed by atoms with van der Waals surface area (Å²) in [5.74, 6) is 2.19. The van der Waals surface area contributed by atoms with Gasteiger partial charge in [-0.3, -0.25) is 4.57 Å². The predicted molar refractivity (Wildman–Crippen MR) is 201 cm³/mol. The van der Waals surface area contributed by atoms with Gasteiger partial charge in [0.2, 0.25) is 5.95 Å². The summed E-state index contributed by atoms with van der Waals surface area (Å²) in [4.78, 5) is 10.5. The molecule has 50 heavy (non-hydrogen) atoms. The lowest BCUT2D eigenvalue weighted by Crippen LogP contribution is -2.06. The fraction of sp³-hybridized carbons (Fsp3) is 0. The van der Waals surface area contributed by atoms with E-state index in [0.717, 1.165) is 105 Å². The molecule has 0 aliphatic carbocycles. The number of benzene rings is 7. The standard InChI is InChI=1S/C44H24N4O2/c1-2-11-25(12-3-1)47-34-22-21-28-27-14-5-8-18-37(27)50-43(28)40(34)31-23-30-26-13-4-7-17-33(26)48(35(30)24-36(31)47)44-45-32-16-10-20-39-41(32)42(46-44)29-15-6-9-19-38(29)49-39/h1-24H. The van der Waals surface area contributed by atoms with E-state index in [1.807, 2.05) is 48.5 Å². The molecular formula is C44H24N4O2. The molecule has 0 spiro atoms. The highest BCUT2D eigenvalue weighted by atomic mass is 16.5. The number of fused-ring (bicyclic) bond motifs is 12. The van der Waals surface area contributed by atoms with E-state index in [2.05, 4.69) is 106 Å². The molecule has 6 heteroatoms. The van der Waals surface area contributed by atoms with E-state index in [-0.39, 0.29) is 0 Å². The van der Waals surface area contributed by atoms with Gasteiger partial charge in [0, 0.05) is 38.2 Å². The topological polar surface area (TPSA) is 58.0 Å². The number of hydrogen-bond acceptors (Lipinski definition) is 4. The van der Waals surface area contributed by atoms with Gasteiger partial charge in [-0.1, -0.05) is 72.8 Å². The zero-order valence-corrected chi connectivity index (χ0v) is 26.5. The Balaban J connectivity index is 1.25. The van der Waals surface area contributed by atoms with Crippen LogP contribution in [0.15, 0.2) is 150 Å². The minimum absolute atomic E-state index is 0.619. The van der Waals surface area contributed by atoms with Crippen molar-refractivity contribution in [1.82, 2.24) is 19.1 Å². The van der Waals surface area contributed by atoms with E-state index in [9.17, 15) is 0 Å². The van der Waals surface area contributed by atoms with Gasteiger partial charge in [0.15, 0.2) is 0 Å². The number of hydrogen-bond donors (Lipinski definition) is 0. The van der Waals surface area contributed by atoms with Crippen molar-refractivity contribution < 1.29 is 9.15 Å². The quantitative estimate of drug-likeness (QED) is 0.189. The average molecular weight is 641 g/mol. The molecule has 232 valence electrons. The van der Waals surface area contributed by atoms with Crippen molar-refractivity contribution in [2.24, 2.45) is 0 Å². The lowest BCUT2D eigenvalue weighted by Gasteiger charge is -2.21. The molecule has 1 aliphatic heterocycles. The maximum absolute atomic E-state index is 6.66. The Kier molecular flexibility index (Phi) is 4.89. The van der Waals surface area contributed by atoms with Gasteiger partial charge in [-0.15, -0.1) is 0 Å². The summed E-state index contributed by atoms with van der Waals surface area (Å²) in [6.45, 7) is 0. The fourth-order valence-corrected chi connectivity index (χ4v) is 8.20. The Morgan fingerprint density at radius 3 is 2.18 bits per heavy atom. The largest absolute Gasteiger partial charge is 0.456 e. The summed E-state index contributed by atoms with van der Waals surface area (Å²) >= 11 is 0. The third kappa shape index (κ3) is 3.32. The van der Waals surface area contributed by atoms with Gasteiger partial charge in [0.05, 0.1) is 44.0 Å². The highest BCUT2D eigenvalue weighted by Gasteiger charge is 2.26. The Hall–Kier alpha value is -6.92. The van der Waals surface area contributed by atoms with Crippen molar-refractivity contribution >= 4 is 76.5 Å². The molecular weight excluding hydrogens is 617 g/mol. The van der Waals surface area contributed by atoms with Crippen molar-refractivity contribution in [2.75, 3.05) is 0 Å². The van der Waals surface area contributed by atoms with Crippen LogP contribution in [-0.4, -0.2) is 19.1 Å². The van der Waals surface area contributed by atoms with E-state index < -0.39 is 0 Å². The Labute approximate surface area is 284 Å². The molecule has 5 heterocycles. The first-order valence-electron chi connectivity index (χ1n) is 16.8. The molecule has 0 amide bonds. The van der Waals surface area contributed by atoms with E-state index >= 15 is 0 Å². The summed E-state index contributed by atoms with van der Waals surface area (Å²) in [6.07, 6.45) is 0. The second-order valence-electron chi connectivity index (χ2n) is 13.0. The zero-order chi connectivity index (χ0) is 32.5. The Morgan fingerprint density at radius 2 is 1.24 bits per heavy atom. The van der Waals surface area contributed by atoms with Gasteiger partial charge in [0.25, 0.3) is 0 Å². The molecule has 0 fully saturated rings. The summed E-state index contributed by atoms with van der Waals surface area (Å²) in [5.41, 5.74) is 9.80. The van der Waals surface area contributed by atoms with Crippen molar-refractivity contribution in [2.45, 2.75) is 0 Å². The Bertz CT molecular complexity index is 3240. The highest BCUT2D eigenvalue weighted by Crippen LogP contribution is 2.47. The monoisotopic (exact) mass is 640 g/mol. The summed E-state index contributed by atoms with van der Waals surface area (Å²) in [6, 6.07) is 50.6. The minimum atomic E-state index is 0.619. The number of aromatic nitrogens is 4. The minimum Gasteiger partial charge on any atom is -0.456 e. The van der Waals surface area contributed by atoms with Crippen LogP contribution in [0.1, 0.15) is 0 Å².